The normalized spacial score (nSPS) is 11.4. The highest BCUT2D eigenvalue weighted by Gasteiger charge is 2.16. The Hall–Kier alpha value is -1.31. The Morgan fingerprint density at radius 2 is 1.86 bits per heavy atom. The zero-order chi connectivity index (χ0) is 10.9. The molecule has 1 N–H and O–H groups in total. The van der Waals surface area contributed by atoms with Gasteiger partial charge in [-0.05, 0) is 35.6 Å². The second-order valence-corrected chi connectivity index (χ2v) is 4.58. The molecule has 0 aliphatic heterocycles. The Bertz CT molecular complexity index is 359. The Balaban J connectivity index is 3.21. The van der Waals surface area contributed by atoms with Gasteiger partial charge in [-0.2, -0.15) is 0 Å². The lowest BCUT2D eigenvalue weighted by Crippen LogP contribution is -2.13. The molecule has 14 heavy (non-hydrogen) atoms. The molecule has 1 aromatic rings. The fourth-order valence-corrected chi connectivity index (χ4v) is 1.64. The van der Waals surface area contributed by atoms with Gasteiger partial charge in [0.1, 0.15) is 0 Å². The van der Waals surface area contributed by atoms with Crippen molar-refractivity contribution in [3.05, 3.63) is 34.9 Å². The van der Waals surface area contributed by atoms with Gasteiger partial charge >= 0.3 is 5.97 Å². The van der Waals surface area contributed by atoms with Gasteiger partial charge in [-0.1, -0.05) is 26.8 Å². The van der Waals surface area contributed by atoms with Crippen LogP contribution in [0.4, 0.5) is 0 Å². The monoisotopic (exact) mass is 192 g/mol. The van der Waals surface area contributed by atoms with E-state index in [1.165, 1.54) is 5.56 Å². The van der Waals surface area contributed by atoms with Gasteiger partial charge in [0.05, 0.1) is 5.56 Å². The average Bonchev–Trinajstić information content (AvgIpc) is 2.01. The van der Waals surface area contributed by atoms with E-state index in [2.05, 4.69) is 20.8 Å². The van der Waals surface area contributed by atoms with Gasteiger partial charge in [-0.25, -0.2) is 4.79 Å². The van der Waals surface area contributed by atoms with Crippen molar-refractivity contribution < 1.29 is 9.90 Å². The molecular formula is C12H16O2. The van der Waals surface area contributed by atoms with Crippen LogP contribution in [0, 0.1) is 6.92 Å². The number of carboxylic acid groups (broad SMARTS) is 1. The lowest BCUT2D eigenvalue weighted by atomic mass is 9.83. The van der Waals surface area contributed by atoms with E-state index >= 15 is 0 Å². The van der Waals surface area contributed by atoms with E-state index in [-0.39, 0.29) is 5.41 Å². The predicted octanol–water partition coefficient (Wildman–Crippen LogP) is 2.99. The number of rotatable bonds is 1. The Morgan fingerprint density at radius 3 is 2.21 bits per heavy atom. The summed E-state index contributed by atoms with van der Waals surface area (Å²) in [5.74, 6) is -0.867. The van der Waals surface area contributed by atoms with Gasteiger partial charge in [0.2, 0.25) is 0 Å². The van der Waals surface area contributed by atoms with Crippen LogP contribution in [-0.4, -0.2) is 11.1 Å². The standard InChI is InChI=1S/C12H16O2/c1-8-7-9(11(13)14)5-6-10(8)12(2,3)4/h5-7H,1-4H3,(H,13,14). The highest BCUT2D eigenvalue weighted by Crippen LogP contribution is 2.25. The van der Waals surface area contributed by atoms with Crippen LogP contribution in [0.5, 0.6) is 0 Å². The fourth-order valence-electron chi connectivity index (χ4n) is 1.64. The first-order valence-corrected chi connectivity index (χ1v) is 4.67. The first-order chi connectivity index (χ1) is 6.32. The van der Waals surface area contributed by atoms with Gasteiger partial charge in [-0.15, -0.1) is 0 Å². The third-order valence-electron chi connectivity index (χ3n) is 2.28. The number of hydrogen-bond donors (Lipinski definition) is 1. The predicted molar refractivity (Wildman–Crippen MR) is 56.8 cm³/mol. The van der Waals surface area contributed by atoms with Crippen molar-refractivity contribution in [2.45, 2.75) is 33.1 Å². The van der Waals surface area contributed by atoms with Gasteiger partial charge in [-0.3, -0.25) is 0 Å². The molecule has 0 saturated heterocycles. The summed E-state index contributed by atoms with van der Waals surface area (Å²) in [6.07, 6.45) is 0. The minimum Gasteiger partial charge on any atom is -0.478 e. The molecule has 0 aromatic heterocycles. The van der Waals surface area contributed by atoms with Crippen molar-refractivity contribution in [1.82, 2.24) is 0 Å². The average molecular weight is 192 g/mol. The second kappa shape index (κ2) is 3.45. The molecule has 0 saturated carbocycles. The van der Waals surface area contributed by atoms with E-state index < -0.39 is 5.97 Å². The van der Waals surface area contributed by atoms with Crippen molar-refractivity contribution >= 4 is 5.97 Å². The van der Waals surface area contributed by atoms with E-state index in [0.29, 0.717) is 5.56 Å². The second-order valence-electron chi connectivity index (χ2n) is 4.58. The molecule has 1 rings (SSSR count). The summed E-state index contributed by atoms with van der Waals surface area (Å²) >= 11 is 0. The van der Waals surface area contributed by atoms with Crippen molar-refractivity contribution in [3.8, 4) is 0 Å². The van der Waals surface area contributed by atoms with Gasteiger partial charge < -0.3 is 5.11 Å². The quantitative estimate of drug-likeness (QED) is 0.742. The first kappa shape index (κ1) is 10.8. The minimum absolute atomic E-state index is 0.0706. The summed E-state index contributed by atoms with van der Waals surface area (Å²) in [5.41, 5.74) is 2.66. The molecule has 1 aromatic carbocycles. The molecule has 0 bridgehead atoms. The lowest BCUT2D eigenvalue weighted by Gasteiger charge is -2.21. The van der Waals surface area contributed by atoms with Crippen LogP contribution < -0.4 is 0 Å². The summed E-state index contributed by atoms with van der Waals surface area (Å²) < 4.78 is 0. The third-order valence-corrected chi connectivity index (χ3v) is 2.28. The van der Waals surface area contributed by atoms with Crippen LogP contribution in [0.15, 0.2) is 18.2 Å². The highest BCUT2D eigenvalue weighted by molar-refractivity contribution is 5.87. The molecule has 2 heteroatoms. The van der Waals surface area contributed by atoms with Crippen LogP contribution >= 0.6 is 0 Å². The van der Waals surface area contributed by atoms with Crippen LogP contribution in [0.2, 0.25) is 0 Å². The van der Waals surface area contributed by atoms with Gasteiger partial charge in [0.15, 0.2) is 0 Å². The molecule has 0 unspecified atom stereocenters. The van der Waals surface area contributed by atoms with E-state index in [0.717, 1.165) is 5.56 Å². The topological polar surface area (TPSA) is 37.3 Å². The molecule has 0 heterocycles. The maximum atomic E-state index is 10.7. The van der Waals surface area contributed by atoms with Crippen LogP contribution in [-0.2, 0) is 5.41 Å². The smallest absolute Gasteiger partial charge is 0.335 e. The summed E-state index contributed by atoms with van der Waals surface area (Å²) in [5, 5.41) is 8.80. The molecule has 0 aliphatic rings. The molecular weight excluding hydrogens is 176 g/mol. The van der Waals surface area contributed by atoms with Crippen molar-refractivity contribution in [2.24, 2.45) is 0 Å². The minimum atomic E-state index is -0.867. The number of benzene rings is 1. The van der Waals surface area contributed by atoms with Crippen LogP contribution in [0.1, 0.15) is 42.3 Å². The van der Waals surface area contributed by atoms with Gasteiger partial charge in [0, 0.05) is 0 Å². The SMILES string of the molecule is Cc1cc(C(=O)O)ccc1C(C)(C)C. The molecule has 0 spiro atoms. The summed E-state index contributed by atoms with van der Waals surface area (Å²) in [6.45, 7) is 8.31. The Morgan fingerprint density at radius 1 is 1.29 bits per heavy atom. The third kappa shape index (κ3) is 2.13. The van der Waals surface area contributed by atoms with E-state index in [4.69, 9.17) is 5.11 Å². The molecule has 0 fully saturated rings. The van der Waals surface area contributed by atoms with Crippen LogP contribution in [0.25, 0.3) is 0 Å². The molecule has 0 amide bonds. The number of carboxylic acids is 1. The maximum Gasteiger partial charge on any atom is 0.335 e. The van der Waals surface area contributed by atoms with E-state index in [1.54, 1.807) is 12.1 Å². The maximum absolute atomic E-state index is 10.7. The molecule has 2 nitrogen and oxygen atoms in total. The summed E-state index contributed by atoms with van der Waals surface area (Å²) in [7, 11) is 0. The molecule has 76 valence electrons. The molecule has 0 atom stereocenters. The highest BCUT2D eigenvalue weighted by atomic mass is 16.4. The summed E-state index contributed by atoms with van der Waals surface area (Å²) in [4.78, 5) is 10.7. The van der Waals surface area contributed by atoms with Crippen molar-refractivity contribution in [2.75, 3.05) is 0 Å². The van der Waals surface area contributed by atoms with Crippen molar-refractivity contribution in [3.63, 3.8) is 0 Å². The molecule has 0 aliphatic carbocycles. The number of aromatic carboxylic acids is 1. The Labute approximate surface area is 84.6 Å². The first-order valence-electron chi connectivity index (χ1n) is 4.67. The van der Waals surface area contributed by atoms with E-state index in [1.807, 2.05) is 13.0 Å². The van der Waals surface area contributed by atoms with Crippen LogP contribution in [0.3, 0.4) is 0 Å². The van der Waals surface area contributed by atoms with Gasteiger partial charge in [0.25, 0.3) is 0 Å². The lowest BCUT2D eigenvalue weighted by molar-refractivity contribution is 0.0696. The number of carbonyl (C=O) groups is 1. The van der Waals surface area contributed by atoms with E-state index in [9.17, 15) is 4.79 Å². The molecule has 0 radical (unpaired) electrons. The fraction of sp³-hybridized carbons (Fsp3) is 0.417. The number of hydrogen-bond acceptors (Lipinski definition) is 1. The summed E-state index contributed by atoms with van der Waals surface area (Å²) in [6, 6.07) is 5.29. The zero-order valence-electron chi connectivity index (χ0n) is 9.09. The van der Waals surface area contributed by atoms with Crippen molar-refractivity contribution in [1.29, 1.82) is 0 Å². The zero-order valence-corrected chi connectivity index (χ0v) is 9.09. The number of aryl methyl sites for hydroxylation is 1. The largest absolute Gasteiger partial charge is 0.478 e. The Kier molecular flexibility index (Phi) is 2.65.